The molecule has 0 radical (unpaired) electrons. The molecule has 1 unspecified atom stereocenters. The van der Waals surface area contributed by atoms with E-state index in [1.165, 1.54) is 4.88 Å². The summed E-state index contributed by atoms with van der Waals surface area (Å²) in [5.41, 5.74) is 4.00. The van der Waals surface area contributed by atoms with E-state index in [-0.39, 0.29) is 6.04 Å². The maximum Gasteiger partial charge on any atom is 0.0822 e. The lowest BCUT2D eigenvalue weighted by Crippen LogP contribution is -2.28. The maximum absolute atomic E-state index is 5.60. The normalized spacial score (nSPS) is 13.0. The Morgan fingerprint density at radius 1 is 1.40 bits per heavy atom. The van der Waals surface area contributed by atoms with Crippen LogP contribution in [0.4, 0.5) is 0 Å². The smallest absolute Gasteiger partial charge is 0.0822 e. The lowest BCUT2D eigenvalue weighted by atomic mass is 10.1. The number of nitrogens with two attached hydrogens (primary N) is 1. The number of thiophene rings is 2. The molecule has 0 spiro atoms. The van der Waals surface area contributed by atoms with Gasteiger partial charge in [0.15, 0.2) is 0 Å². The first-order chi connectivity index (χ1) is 7.22. The van der Waals surface area contributed by atoms with Crippen molar-refractivity contribution in [2.24, 2.45) is 5.84 Å². The van der Waals surface area contributed by atoms with Gasteiger partial charge in [0.2, 0.25) is 0 Å². The van der Waals surface area contributed by atoms with Crippen molar-refractivity contribution in [3.05, 3.63) is 41.6 Å². The van der Waals surface area contributed by atoms with Gasteiger partial charge in [-0.2, -0.15) is 0 Å². The van der Waals surface area contributed by atoms with Crippen molar-refractivity contribution >= 4 is 54.5 Å². The molecule has 0 fully saturated rings. The van der Waals surface area contributed by atoms with Gasteiger partial charge in [-0.05, 0) is 49.4 Å². The van der Waals surface area contributed by atoms with Gasteiger partial charge in [0.1, 0.15) is 0 Å². The van der Waals surface area contributed by atoms with Crippen LogP contribution in [0.15, 0.2) is 31.2 Å². The first-order valence-electron chi connectivity index (χ1n) is 4.16. The molecule has 0 aliphatic carbocycles. The van der Waals surface area contributed by atoms with E-state index in [1.54, 1.807) is 22.7 Å². The Kier molecular flexibility index (Phi) is 3.98. The highest BCUT2D eigenvalue weighted by atomic mass is 79.9. The van der Waals surface area contributed by atoms with Gasteiger partial charge in [-0.3, -0.25) is 5.84 Å². The van der Waals surface area contributed by atoms with Crippen LogP contribution in [0.5, 0.6) is 0 Å². The summed E-state index contributed by atoms with van der Waals surface area (Å²) in [5.74, 6) is 5.60. The lowest BCUT2D eigenvalue weighted by Gasteiger charge is -2.13. The Labute approximate surface area is 113 Å². The van der Waals surface area contributed by atoms with Crippen molar-refractivity contribution < 1.29 is 0 Å². The van der Waals surface area contributed by atoms with Gasteiger partial charge in [0, 0.05) is 10.4 Å². The number of hydrazine groups is 1. The van der Waals surface area contributed by atoms with E-state index < -0.39 is 0 Å². The number of nitrogens with one attached hydrogen (secondary N) is 1. The molecule has 0 saturated carbocycles. The van der Waals surface area contributed by atoms with Crippen LogP contribution >= 0.6 is 54.5 Å². The molecule has 1 atom stereocenters. The molecule has 0 saturated heterocycles. The summed E-state index contributed by atoms with van der Waals surface area (Å²) in [6.45, 7) is 0. The summed E-state index contributed by atoms with van der Waals surface area (Å²) in [6, 6.07) is 6.24. The number of halogens is 2. The summed E-state index contributed by atoms with van der Waals surface area (Å²) in [6.07, 6.45) is 0. The first-order valence-corrected chi connectivity index (χ1v) is 7.45. The first kappa shape index (κ1) is 11.8. The van der Waals surface area contributed by atoms with Gasteiger partial charge >= 0.3 is 0 Å². The van der Waals surface area contributed by atoms with E-state index in [0.29, 0.717) is 0 Å². The Morgan fingerprint density at radius 2 is 2.20 bits per heavy atom. The SMILES string of the molecule is NNC(c1cccs1)c1cc(Br)sc1Br. The molecule has 0 aromatic carbocycles. The second-order valence-electron chi connectivity index (χ2n) is 2.89. The predicted octanol–water partition coefficient (Wildman–Crippen LogP) is 3.89. The molecule has 6 heteroatoms. The summed E-state index contributed by atoms with van der Waals surface area (Å²) < 4.78 is 2.20. The maximum atomic E-state index is 5.60. The van der Waals surface area contributed by atoms with E-state index in [4.69, 9.17) is 5.84 Å². The molecule has 3 N–H and O–H groups in total. The standard InChI is InChI=1S/C9H8Br2N2S2/c10-7-4-5(9(11)15-7)8(13-12)6-2-1-3-14-6/h1-4,8,13H,12H2. The van der Waals surface area contributed by atoms with Gasteiger partial charge in [-0.1, -0.05) is 6.07 Å². The zero-order valence-corrected chi connectivity index (χ0v) is 12.3. The zero-order chi connectivity index (χ0) is 10.8. The zero-order valence-electron chi connectivity index (χ0n) is 7.54. The fourth-order valence-corrected chi connectivity index (χ4v) is 5.04. The minimum Gasteiger partial charge on any atom is -0.271 e. The van der Waals surface area contributed by atoms with Gasteiger partial charge < -0.3 is 0 Å². The molecule has 2 heterocycles. The highest BCUT2D eigenvalue weighted by Crippen LogP contribution is 2.38. The summed E-state index contributed by atoms with van der Waals surface area (Å²) in [5, 5.41) is 2.05. The van der Waals surface area contributed by atoms with Gasteiger partial charge in [-0.25, -0.2) is 5.43 Å². The van der Waals surface area contributed by atoms with E-state index in [1.807, 2.05) is 6.07 Å². The summed E-state index contributed by atoms with van der Waals surface area (Å²) >= 11 is 10.4. The van der Waals surface area contributed by atoms with E-state index in [0.717, 1.165) is 13.1 Å². The Hall–Kier alpha value is 0.280. The molecule has 0 amide bonds. The molecular formula is C9H8Br2N2S2. The fraction of sp³-hybridized carbons (Fsp3) is 0.111. The van der Waals surface area contributed by atoms with Crippen molar-refractivity contribution in [1.82, 2.24) is 5.43 Å². The van der Waals surface area contributed by atoms with Crippen LogP contribution in [-0.4, -0.2) is 0 Å². The van der Waals surface area contributed by atoms with Crippen molar-refractivity contribution in [3.8, 4) is 0 Å². The van der Waals surface area contributed by atoms with E-state index >= 15 is 0 Å². The van der Waals surface area contributed by atoms with E-state index in [2.05, 4.69) is 54.8 Å². The topological polar surface area (TPSA) is 38.0 Å². The van der Waals surface area contributed by atoms with Crippen LogP contribution < -0.4 is 11.3 Å². The average molecular weight is 368 g/mol. The van der Waals surface area contributed by atoms with E-state index in [9.17, 15) is 0 Å². The van der Waals surface area contributed by atoms with Crippen molar-refractivity contribution in [1.29, 1.82) is 0 Å². The van der Waals surface area contributed by atoms with Crippen LogP contribution in [0.25, 0.3) is 0 Å². The molecule has 2 aromatic heterocycles. The predicted molar refractivity (Wildman–Crippen MR) is 73.2 cm³/mol. The molecule has 2 aromatic rings. The largest absolute Gasteiger partial charge is 0.271 e. The third kappa shape index (κ3) is 2.51. The molecule has 80 valence electrons. The fourth-order valence-electron chi connectivity index (χ4n) is 1.33. The summed E-state index contributed by atoms with van der Waals surface area (Å²) in [7, 11) is 0. The number of rotatable bonds is 3. The number of hydrogen-bond acceptors (Lipinski definition) is 4. The van der Waals surface area contributed by atoms with Crippen molar-refractivity contribution in [2.45, 2.75) is 6.04 Å². The average Bonchev–Trinajstić information content (AvgIpc) is 2.79. The molecule has 0 aliphatic heterocycles. The van der Waals surface area contributed by atoms with Crippen LogP contribution in [0, 0.1) is 0 Å². The molecule has 15 heavy (non-hydrogen) atoms. The highest BCUT2D eigenvalue weighted by molar-refractivity contribution is 9.12. The minimum atomic E-state index is 0.0573. The molecule has 2 rings (SSSR count). The van der Waals surface area contributed by atoms with Gasteiger partial charge in [0.25, 0.3) is 0 Å². The molecular weight excluding hydrogens is 360 g/mol. The van der Waals surface area contributed by atoms with Crippen LogP contribution in [0.2, 0.25) is 0 Å². The van der Waals surface area contributed by atoms with Crippen molar-refractivity contribution in [2.75, 3.05) is 0 Å². The Morgan fingerprint density at radius 3 is 2.67 bits per heavy atom. The second-order valence-corrected chi connectivity index (χ2v) is 7.62. The molecule has 0 bridgehead atoms. The van der Waals surface area contributed by atoms with Crippen molar-refractivity contribution in [3.63, 3.8) is 0 Å². The molecule has 0 aliphatic rings. The van der Waals surface area contributed by atoms with Gasteiger partial charge in [0.05, 0.1) is 13.6 Å². The highest BCUT2D eigenvalue weighted by Gasteiger charge is 2.18. The lowest BCUT2D eigenvalue weighted by molar-refractivity contribution is 0.646. The summed E-state index contributed by atoms with van der Waals surface area (Å²) in [4.78, 5) is 1.21. The van der Waals surface area contributed by atoms with Crippen LogP contribution in [0.3, 0.4) is 0 Å². The van der Waals surface area contributed by atoms with Gasteiger partial charge in [-0.15, -0.1) is 22.7 Å². The van der Waals surface area contributed by atoms with Crippen LogP contribution in [-0.2, 0) is 0 Å². The second kappa shape index (κ2) is 5.07. The Bertz CT molecular complexity index is 439. The monoisotopic (exact) mass is 366 g/mol. The molecule has 2 nitrogen and oxygen atoms in total. The third-order valence-corrected chi connectivity index (χ3v) is 5.31. The third-order valence-electron chi connectivity index (χ3n) is 1.99. The Balaban J connectivity index is 2.39. The quantitative estimate of drug-likeness (QED) is 0.638. The van der Waals surface area contributed by atoms with Crippen LogP contribution in [0.1, 0.15) is 16.5 Å². The minimum absolute atomic E-state index is 0.0573. The number of hydrogen-bond donors (Lipinski definition) is 2.